The highest BCUT2D eigenvalue weighted by molar-refractivity contribution is 6.31. The number of nitrogens with zero attached hydrogens (tertiary/aromatic N) is 2. The van der Waals surface area contributed by atoms with E-state index in [4.69, 9.17) is 21.1 Å². The molecule has 7 heteroatoms. The second kappa shape index (κ2) is 7.90. The molecule has 6 nitrogen and oxygen atoms in total. The SMILES string of the molecule is COc1cc(CNc2ncn[nH]2)c(Cl)cc1OCc1cccc(C)c1. The highest BCUT2D eigenvalue weighted by atomic mass is 35.5. The number of anilines is 1. The molecule has 0 bridgehead atoms. The zero-order valence-corrected chi connectivity index (χ0v) is 14.8. The normalized spacial score (nSPS) is 10.5. The number of ether oxygens (including phenoxy) is 2. The van der Waals surface area contributed by atoms with Crippen LogP contribution in [-0.4, -0.2) is 22.3 Å². The zero-order chi connectivity index (χ0) is 17.6. The molecule has 2 N–H and O–H groups in total. The van der Waals surface area contributed by atoms with Crippen molar-refractivity contribution in [2.45, 2.75) is 20.1 Å². The monoisotopic (exact) mass is 358 g/mol. The van der Waals surface area contributed by atoms with Crippen molar-refractivity contribution >= 4 is 17.5 Å². The van der Waals surface area contributed by atoms with Crippen LogP contribution in [0.3, 0.4) is 0 Å². The average Bonchev–Trinajstić information content (AvgIpc) is 3.12. The molecule has 0 spiro atoms. The summed E-state index contributed by atoms with van der Waals surface area (Å²) in [5.74, 6) is 1.82. The van der Waals surface area contributed by atoms with Crippen LogP contribution in [0.2, 0.25) is 5.02 Å². The summed E-state index contributed by atoms with van der Waals surface area (Å²) in [6.07, 6.45) is 1.44. The summed E-state index contributed by atoms with van der Waals surface area (Å²) in [7, 11) is 1.61. The number of hydrogen-bond acceptors (Lipinski definition) is 5. The van der Waals surface area contributed by atoms with Crippen LogP contribution in [0.15, 0.2) is 42.7 Å². The molecule has 0 fully saturated rings. The number of methoxy groups -OCH3 is 1. The molecule has 2 aromatic carbocycles. The molecule has 0 radical (unpaired) electrons. The molecule has 1 aromatic heterocycles. The largest absolute Gasteiger partial charge is 0.493 e. The van der Waals surface area contributed by atoms with E-state index in [-0.39, 0.29) is 0 Å². The first-order valence-corrected chi connectivity index (χ1v) is 8.17. The van der Waals surface area contributed by atoms with Crippen LogP contribution in [0.4, 0.5) is 5.95 Å². The maximum absolute atomic E-state index is 6.38. The number of rotatable bonds is 7. The van der Waals surface area contributed by atoms with Crippen LogP contribution in [0, 0.1) is 6.92 Å². The topological polar surface area (TPSA) is 72.1 Å². The van der Waals surface area contributed by atoms with Crippen molar-refractivity contribution in [2.24, 2.45) is 0 Å². The first kappa shape index (κ1) is 17.1. The van der Waals surface area contributed by atoms with Crippen LogP contribution < -0.4 is 14.8 Å². The van der Waals surface area contributed by atoms with Gasteiger partial charge in [0.2, 0.25) is 5.95 Å². The Morgan fingerprint density at radius 1 is 1.20 bits per heavy atom. The van der Waals surface area contributed by atoms with Gasteiger partial charge >= 0.3 is 0 Å². The van der Waals surface area contributed by atoms with Gasteiger partial charge in [0.1, 0.15) is 12.9 Å². The zero-order valence-electron chi connectivity index (χ0n) is 14.0. The third-order valence-electron chi connectivity index (χ3n) is 3.67. The third-order valence-corrected chi connectivity index (χ3v) is 4.02. The first-order valence-electron chi connectivity index (χ1n) is 7.79. The van der Waals surface area contributed by atoms with Gasteiger partial charge in [-0.05, 0) is 24.1 Å². The Kier molecular flexibility index (Phi) is 5.40. The average molecular weight is 359 g/mol. The molecule has 0 amide bonds. The van der Waals surface area contributed by atoms with Gasteiger partial charge in [-0.2, -0.15) is 5.10 Å². The number of aryl methyl sites for hydroxylation is 1. The van der Waals surface area contributed by atoms with Gasteiger partial charge in [0, 0.05) is 17.6 Å². The van der Waals surface area contributed by atoms with Crippen molar-refractivity contribution in [3.63, 3.8) is 0 Å². The Hall–Kier alpha value is -2.73. The lowest BCUT2D eigenvalue weighted by Crippen LogP contribution is -2.04. The van der Waals surface area contributed by atoms with Crippen molar-refractivity contribution in [3.8, 4) is 11.5 Å². The molecule has 0 saturated carbocycles. The van der Waals surface area contributed by atoms with E-state index >= 15 is 0 Å². The van der Waals surface area contributed by atoms with Gasteiger partial charge in [0.25, 0.3) is 0 Å². The van der Waals surface area contributed by atoms with E-state index in [2.05, 4.69) is 39.6 Å². The van der Waals surface area contributed by atoms with Crippen molar-refractivity contribution in [1.29, 1.82) is 0 Å². The predicted molar refractivity (Wildman–Crippen MR) is 97.2 cm³/mol. The molecule has 25 heavy (non-hydrogen) atoms. The highest BCUT2D eigenvalue weighted by Gasteiger charge is 2.11. The summed E-state index contributed by atoms with van der Waals surface area (Å²) in [6.45, 7) is 2.99. The van der Waals surface area contributed by atoms with Crippen LogP contribution >= 0.6 is 11.6 Å². The summed E-state index contributed by atoms with van der Waals surface area (Å²) >= 11 is 6.38. The molecule has 130 valence electrons. The number of aromatic nitrogens is 3. The second-order valence-corrected chi connectivity index (χ2v) is 5.97. The van der Waals surface area contributed by atoms with E-state index in [1.807, 2.05) is 18.2 Å². The molecule has 0 aliphatic carbocycles. The minimum absolute atomic E-state index is 0.448. The molecular weight excluding hydrogens is 340 g/mol. The van der Waals surface area contributed by atoms with Gasteiger partial charge < -0.3 is 14.8 Å². The van der Waals surface area contributed by atoms with E-state index in [1.165, 1.54) is 11.9 Å². The Labute approximate surface area is 151 Å². The number of H-pyrrole nitrogens is 1. The molecule has 0 unspecified atom stereocenters. The highest BCUT2D eigenvalue weighted by Crippen LogP contribution is 2.34. The van der Waals surface area contributed by atoms with Crippen LogP contribution in [0.1, 0.15) is 16.7 Å². The molecule has 0 aliphatic heterocycles. The van der Waals surface area contributed by atoms with Gasteiger partial charge in [-0.1, -0.05) is 41.4 Å². The van der Waals surface area contributed by atoms with Crippen LogP contribution in [0.5, 0.6) is 11.5 Å². The van der Waals surface area contributed by atoms with Gasteiger partial charge in [0.15, 0.2) is 11.5 Å². The fourth-order valence-corrected chi connectivity index (χ4v) is 2.64. The quantitative estimate of drug-likeness (QED) is 0.668. The third kappa shape index (κ3) is 4.42. The molecule has 0 aliphatic rings. The van der Waals surface area contributed by atoms with E-state index in [9.17, 15) is 0 Å². The van der Waals surface area contributed by atoms with Crippen molar-refractivity contribution in [3.05, 3.63) is 64.4 Å². The fourth-order valence-electron chi connectivity index (χ4n) is 2.42. The molecule has 3 rings (SSSR count). The number of halogens is 1. The first-order chi connectivity index (χ1) is 12.2. The lowest BCUT2D eigenvalue weighted by Gasteiger charge is -2.14. The van der Waals surface area contributed by atoms with Gasteiger partial charge in [-0.3, -0.25) is 0 Å². The molecule has 0 saturated heterocycles. The Morgan fingerprint density at radius 3 is 2.80 bits per heavy atom. The Bertz CT molecular complexity index is 837. The summed E-state index contributed by atoms with van der Waals surface area (Å²) in [4.78, 5) is 4.01. The lowest BCUT2D eigenvalue weighted by molar-refractivity contribution is 0.284. The fraction of sp³-hybridized carbons (Fsp3) is 0.222. The molecule has 0 atom stereocenters. The van der Waals surface area contributed by atoms with Crippen molar-refractivity contribution in [1.82, 2.24) is 15.2 Å². The van der Waals surface area contributed by atoms with Crippen molar-refractivity contribution < 1.29 is 9.47 Å². The minimum Gasteiger partial charge on any atom is -0.493 e. The molecular formula is C18H19ClN4O2. The smallest absolute Gasteiger partial charge is 0.218 e. The standard InChI is InChI=1S/C18H19ClN4O2/c1-12-4-3-5-13(6-12)10-25-17-8-15(19)14(7-16(17)24-2)9-20-18-21-11-22-23-18/h3-8,11H,9-10H2,1-2H3,(H2,20,21,22,23). The van der Waals surface area contributed by atoms with Gasteiger partial charge in [0.05, 0.1) is 7.11 Å². The summed E-state index contributed by atoms with van der Waals surface area (Å²) in [5.41, 5.74) is 3.16. The van der Waals surface area contributed by atoms with Crippen molar-refractivity contribution in [2.75, 3.05) is 12.4 Å². The van der Waals surface area contributed by atoms with E-state index in [1.54, 1.807) is 13.2 Å². The molecule has 3 aromatic rings. The lowest BCUT2D eigenvalue weighted by atomic mass is 10.1. The number of aromatic amines is 1. The number of benzene rings is 2. The van der Waals surface area contributed by atoms with Crippen LogP contribution in [-0.2, 0) is 13.2 Å². The van der Waals surface area contributed by atoms with E-state index in [0.717, 1.165) is 11.1 Å². The number of hydrogen-bond donors (Lipinski definition) is 2. The Morgan fingerprint density at radius 2 is 2.08 bits per heavy atom. The Balaban J connectivity index is 1.72. The van der Waals surface area contributed by atoms with Gasteiger partial charge in [-0.25, -0.2) is 10.1 Å². The van der Waals surface area contributed by atoms with Gasteiger partial charge in [-0.15, -0.1) is 0 Å². The molecule has 1 heterocycles. The predicted octanol–water partition coefficient (Wildman–Crippen LogP) is 3.97. The second-order valence-electron chi connectivity index (χ2n) is 5.56. The maximum Gasteiger partial charge on any atom is 0.218 e. The summed E-state index contributed by atoms with van der Waals surface area (Å²) < 4.78 is 11.3. The minimum atomic E-state index is 0.448. The maximum atomic E-state index is 6.38. The summed E-state index contributed by atoms with van der Waals surface area (Å²) in [6, 6.07) is 11.8. The summed E-state index contributed by atoms with van der Waals surface area (Å²) in [5, 5.41) is 10.2. The van der Waals surface area contributed by atoms with E-state index < -0.39 is 0 Å². The number of nitrogens with one attached hydrogen (secondary N) is 2. The van der Waals surface area contributed by atoms with Crippen LogP contribution in [0.25, 0.3) is 0 Å². The van der Waals surface area contributed by atoms with E-state index in [0.29, 0.717) is 35.6 Å².